The predicted molar refractivity (Wildman–Crippen MR) is 75.5 cm³/mol. The molecule has 1 atom stereocenters. The smallest absolute Gasteiger partial charge is 0.223 e. The molecule has 5 nitrogen and oxygen atoms in total. The number of amides is 1. The van der Waals surface area contributed by atoms with Crippen LogP contribution in [0.1, 0.15) is 47.0 Å². The Hall–Kier alpha value is -1.39. The Morgan fingerprint density at radius 3 is 2.42 bits per heavy atom. The lowest BCUT2D eigenvalue weighted by Gasteiger charge is -2.26. The molecule has 1 rings (SSSR count). The van der Waals surface area contributed by atoms with E-state index in [-0.39, 0.29) is 35.0 Å². The zero-order valence-electron chi connectivity index (χ0n) is 12.3. The maximum atomic E-state index is 11.8. The van der Waals surface area contributed by atoms with Crippen LogP contribution in [0.25, 0.3) is 0 Å². The fourth-order valence-corrected chi connectivity index (χ4v) is 1.46. The lowest BCUT2D eigenvalue weighted by molar-refractivity contribution is -0.127. The highest BCUT2D eigenvalue weighted by molar-refractivity contribution is 5.91. The van der Waals surface area contributed by atoms with Crippen LogP contribution in [0.15, 0.2) is 0 Å². The monoisotopic (exact) mass is 267 g/mol. The minimum atomic E-state index is -0.0765. The van der Waals surface area contributed by atoms with E-state index < -0.39 is 0 Å². The van der Waals surface area contributed by atoms with E-state index in [9.17, 15) is 4.79 Å². The number of hydrogen-bond donors (Lipinski definition) is 3. The molecular weight excluding hydrogens is 242 g/mol. The first-order chi connectivity index (χ1) is 8.71. The number of ether oxygens (including phenoxy) is 1. The van der Waals surface area contributed by atoms with Crippen molar-refractivity contribution in [3.8, 4) is 0 Å². The van der Waals surface area contributed by atoms with E-state index in [1.165, 1.54) is 0 Å². The van der Waals surface area contributed by atoms with Crippen LogP contribution in [0.5, 0.6) is 0 Å². The number of rotatable bonds is 5. The van der Waals surface area contributed by atoms with Crippen molar-refractivity contribution < 1.29 is 9.53 Å². The van der Waals surface area contributed by atoms with Gasteiger partial charge in [0.1, 0.15) is 0 Å². The van der Waals surface area contributed by atoms with Crippen molar-refractivity contribution in [2.45, 2.75) is 47.0 Å². The summed E-state index contributed by atoms with van der Waals surface area (Å²) in [6, 6.07) is 0. The summed E-state index contributed by atoms with van der Waals surface area (Å²) in [4.78, 5) is 11.8. The number of hydrogen-bond acceptors (Lipinski definition) is 4. The molecule has 5 heteroatoms. The third-order valence-electron chi connectivity index (χ3n) is 3.52. The number of carbonyl (C=O) groups is 1. The van der Waals surface area contributed by atoms with Gasteiger partial charge in [0.25, 0.3) is 0 Å². The third-order valence-corrected chi connectivity index (χ3v) is 3.52. The lowest BCUT2D eigenvalue weighted by Crippen LogP contribution is -2.37. The maximum absolute atomic E-state index is 11.8. The Balaban J connectivity index is 2.20. The molecule has 0 spiro atoms. The third kappa shape index (κ3) is 5.41. The zero-order valence-corrected chi connectivity index (χ0v) is 12.3. The van der Waals surface area contributed by atoms with E-state index in [0.717, 1.165) is 12.8 Å². The van der Waals surface area contributed by atoms with Crippen LogP contribution in [0, 0.1) is 28.1 Å². The van der Waals surface area contributed by atoms with Gasteiger partial charge in [-0.3, -0.25) is 15.6 Å². The summed E-state index contributed by atoms with van der Waals surface area (Å²) in [7, 11) is 0. The van der Waals surface area contributed by atoms with E-state index >= 15 is 0 Å². The van der Waals surface area contributed by atoms with Gasteiger partial charge >= 0.3 is 0 Å². The van der Waals surface area contributed by atoms with Crippen LogP contribution in [0.3, 0.4) is 0 Å². The highest BCUT2D eigenvalue weighted by Gasteiger charge is 2.29. The molecule has 0 aromatic carbocycles. The van der Waals surface area contributed by atoms with Gasteiger partial charge in [0.15, 0.2) is 11.8 Å². The van der Waals surface area contributed by atoms with E-state index in [1.54, 1.807) is 0 Å². The van der Waals surface area contributed by atoms with Gasteiger partial charge < -0.3 is 10.1 Å². The molecule has 0 saturated heterocycles. The van der Waals surface area contributed by atoms with Gasteiger partial charge in [-0.2, -0.15) is 0 Å². The number of nitrogens with one attached hydrogen (secondary N) is 3. The van der Waals surface area contributed by atoms with Crippen molar-refractivity contribution in [1.82, 2.24) is 5.32 Å². The average Bonchev–Trinajstić information content (AvgIpc) is 3.10. The minimum Gasteiger partial charge on any atom is -0.429 e. The van der Waals surface area contributed by atoms with Gasteiger partial charge in [-0.1, -0.05) is 27.7 Å². The Morgan fingerprint density at radius 1 is 1.37 bits per heavy atom. The minimum absolute atomic E-state index is 0.00225. The first kappa shape index (κ1) is 15.7. The SMILES string of the molecule is CC(C(=O)NCCC(=N)OC(=N)C1CC1)C(C)(C)C. The zero-order chi connectivity index (χ0) is 14.6. The molecule has 0 heterocycles. The summed E-state index contributed by atoms with van der Waals surface area (Å²) < 4.78 is 5.10. The van der Waals surface area contributed by atoms with Crippen LogP contribution in [-0.4, -0.2) is 24.2 Å². The van der Waals surface area contributed by atoms with Crippen molar-refractivity contribution >= 4 is 17.7 Å². The highest BCUT2D eigenvalue weighted by atomic mass is 16.5. The first-order valence-electron chi connectivity index (χ1n) is 6.83. The summed E-state index contributed by atoms with van der Waals surface area (Å²) in [5.74, 6) is 0.390. The average molecular weight is 267 g/mol. The second-order valence-corrected chi connectivity index (χ2v) is 6.29. The summed E-state index contributed by atoms with van der Waals surface area (Å²) in [6.45, 7) is 8.37. The van der Waals surface area contributed by atoms with Crippen molar-refractivity contribution in [1.29, 1.82) is 10.8 Å². The molecule has 1 unspecified atom stereocenters. The van der Waals surface area contributed by atoms with E-state index in [1.807, 2.05) is 27.7 Å². The molecule has 1 saturated carbocycles. The summed E-state index contributed by atoms with van der Waals surface area (Å²) in [6.07, 6.45) is 2.32. The molecule has 0 bridgehead atoms. The van der Waals surface area contributed by atoms with E-state index in [2.05, 4.69) is 5.32 Å². The van der Waals surface area contributed by atoms with E-state index in [4.69, 9.17) is 15.6 Å². The molecule has 1 aliphatic carbocycles. The molecule has 3 N–H and O–H groups in total. The topological polar surface area (TPSA) is 86.0 Å². The molecular formula is C14H25N3O2. The molecule has 0 aliphatic heterocycles. The Morgan fingerprint density at radius 2 is 1.95 bits per heavy atom. The number of carbonyl (C=O) groups excluding carboxylic acids is 1. The summed E-state index contributed by atoms with van der Waals surface area (Å²) in [5, 5.41) is 18.0. The molecule has 0 aromatic rings. The standard InChI is InChI=1S/C14H25N3O2/c1-9(14(2,3)4)13(18)17-8-7-11(15)19-12(16)10-5-6-10/h9-10,15-16H,5-8H2,1-4H3,(H,17,18). The fraction of sp³-hybridized carbons (Fsp3) is 0.786. The van der Waals surface area contributed by atoms with Gasteiger partial charge in [-0.15, -0.1) is 0 Å². The van der Waals surface area contributed by atoms with Crippen molar-refractivity contribution in [3.63, 3.8) is 0 Å². The molecule has 19 heavy (non-hydrogen) atoms. The van der Waals surface area contributed by atoms with Crippen LogP contribution in [-0.2, 0) is 9.53 Å². The Kier molecular flexibility index (Phi) is 5.09. The van der Waals surface area contributed by atoms with Gasteiger partial charge in [0.2, 0.25) is 5.91 Å². The van der Waals surface area contributed by atoms with Crippen LogP contribution >= 0.6 is 0 Å². The Labute approximate surface area is 115 Å². The van der Waals surface area contributed by atoms with Crippen molar-refractivity contribution in [2.75, 3.05) is 6.54 Å². The van der Waals surface area contributed by atoms with Gasteiger partial charge in [-0.25, -0.2) is 0 Å². The molecule has 1 amide bonds. The molecule has 0 radical (unpaired) electrons. The lowest BCUT2D eigenvalue weighted by atomic mass is 9.81. The quantitative estimate of drug-likeness (QED) is 0.528. The molecule has 108 valence electrons. The fourth-order valence-electron chi connectivity index (χ4n) is 1.46. The normalized spacial score (nSPS) is 16.6. The van der Waals surface area contributed by atoms with Crippen LogP contribution in [0.4, 0.5) is 0 Å². The van der Waals surface area contributed by atoms with Crippen molar-refractivity contribution in [3.05, 3.63) is 0 Å². The second kappa shape index (κ2) is 6.17. The van der Waals surface area contributed by atoms with Crippen LogP contribution < -0.4 is 5.32 Å². The summed E-state index contributed by atoms with van der Waals surface area (Å²) in [5.41, 5.74) is -0.0673. The summed E-state index contributed by atoms with van der Waals surface area (Å²) >= 11 is 0. The van der Waals surface area contributed by atoms with Gasteiger partial charge in [0, 0.05) is 24.8 Å². The van der Waals surface area contributed by atoms with Crippen molar-refractivity contribution in [2.24, 2.45) is 17.3 Å². The van der Waals surface area contributed by atoms with Gasteiger partial charge in [-0.05, 0) is 18.3 Å². The predicted octanol–water partition coefficient (Wildman–Crippen LogP) is 2.56. The van der Waals surface area contributed by atoms with Crippen LogP contribution in [0.2, 0.25) is 0 Å². The molecule has 0 aromatic heterocycles. The second-order valence-electron chi connectivity index (χ2n) is 6.29. The maximum Gasteiger partial charge on any atom is 0.223 e. The van der Waals surface area contributed by atoms with E-state index in [0.29, 0.717) is 13.0 Å². The largest absolute Gasteiger partial charge is 0.429 e. The van der Waals surface area contributed by atoms with Gasteiger partial charge in [0.05, 0.1) is 0 Å². The molecule has 1 aliphatic rings. The molecule has 1 fully saturated rings. The highest BCUT2D eigenvalue weighted by Crippen LogP contribution is 2.30. The first-order valence-corrected chi connectivity index (χ1v) is 6.83. The Bertz CT molecular complexity index is 367.